The van der Waals surface area contributed by atoms with Gasteiger partial charge in [0.2, 0.25) is 0 Å². The standard InChI is InChI=1S/C30H33FN6O2/c1-19-14-21(31)4-10-26(19)37(17-20-12-13-39-18-20)24-8-6-23(7-9-24)35(2)29-25(16-33)30(38)36(3)27-11-5-22(15-32)34-28(27)29/h4-5,10-11,14,20,23-24H,6-9,12-13,17-18H2,1-3H3. The van der Waals surface area contributed by atoms with Crippen molar-refractivity contribution in [3.63, 3.8) is 0 Å². The Kier molecular flexibility index (Phi) is 7.54. The average molecular weight is 529 g/mol. The second-order valence-electron chi connectivity index (χ2n) is 10.8. The van der Waals surface area contributed by atoms with Gasteiger partial charge in [0.05, 0.1) is 17.8 Å². The van der Waals surface area contributed by atoms with Gasteiger partial charge >= 0.3 is 0 Å². The Morgan fingerprint density at radius 3 is 2.49 bits per heavy atom. The van der Waals surface area contributed by atoms with Gasteiger partial charge in [0.15, 0.2) is 0 Å². The molecule has 3 aromatic rings. The number of nitrogens with zero attached hydrogens (tertiary/aromatic N) is 6. The maximum absolute atomic E-state index is 13.9. The molecule has 1 aromatic carbocycles. The normalized spacial score (nSPS) is 20.9. The number of halogens is 1. The summed E-state index contributed by atoms with van der Waals surface area (Å²) in [7, 11) is 3.54. The molecule has 0 bridgehead atoms. The fraction of sp³-hybridized carbons (Fsp3) is 0.467. The highest BCUT2D eigenvalue weighted by molar-refractivity contribution is 5.92. The first-order valence-corrected chi connectivity index (χ1v) is 13.5. The molecular formula is C30H33FN6O2. The Labute approximate surface area is 227 Å². The minimum atomic E-state index is -0.371. The first-order valence-electron chi connectivity index (χ1n) is 13.5. The summed E-state index contributed by atoms with van der Waals surface area (Å²) in [4.78, 5) is 22.0. The van der Waals surface area contributed by atoms with E-state index in [1.807, 2.05) is 24.9 Å². The van der Waals surface area contributed by atoms with E-state index in [-0.39, 0.29) is 28.7 Å². The predicted octanol–water partition coefficient (Wildman–Crippen LogP) is 4.41. The van der Waals surface area contributed by atoms with E-state index in [4.69, 9.17) is 4.74 Å². The fourth-order valence-corrected chi connectivity index (χ4v) is 6.23. The molecule has 0 N–H and O–H groups in total. The maximum Gasteiger partial charge on any atom is 0.270 e. The highest BCUT2D eigenvalue weighted by Gasteiger charge is 2.33. The number of anilines is 2. The zero-order valence-corrected chi connectivity index (χ0v) is 22.7. The van der Waals surface area contributed by atoms with Crippen LogP contribution in [-0.2, 0) is 11.8 Å². The number of rotatable bonds is 6. The summed E-state index contributed by atoms with van der Waals surface area (Å²) < 4.78 is 21.0. The second kappa shape index (κ2) is 11.0. The lowest BCUT2D eigenvalue weighted by molar-refractivity contribution is 0.185. The molecule has 2 fully saturated rings. The van der Waals surface area contributed by atoms with E-state index in [9.17, 15) is 19.7 Å². The van der Waals surface area contributed by atoms with Gasteiger partial charge < -0.3 is 19.1 Å². The summed E-state index contributed by atoms with van der Waals surface area (Å²) in [6.07, 6.45) is 4.58. The van der Waals surface area contributed by atoms with Crippen LogP contribution in [0.1, 0.15) is 48.9 Å². The van der Waals surface area contributed by atoms with Crippen LogP contribution in [0.3, 0.4) is 0 Å². The van der Waals surface area contributed by atoms with Crippen molar-refractivity contribution < 1.29 is 9.13 Å². The minimum absolute atomic E-state index is 0.0435. The van der Waals surface area contributed by atoms with Gasteiger partial charge in [-0.25, -0.2) is 9.37 Å². The quantitative estimate of drug-likeness (QED) is 0.467. The number of aryl methyl sites for hydroxylation is 2. The Morgan fingerprint density at radius 2 is 1.85 bits per heavy atom. The third kappa shape index (κ3) is 5.07. The first kappa shape index (κ1) is 26.6. The molecule has 1 aliphatic carbocycles. The van der Waals surface area contributed by atoms with Gasteiger partial charge in [-0.1, -0.05) is 0 Å². The zero-order valence-electron chi connectivity index (χ0n) is 22.7. The van der Waals surface area contributed by atoms with Crippen LogP contribution >= 0.6 is 0 Å². The summed E-state index contributed by atoms with van der Waals surface area (Å²) in [5, 5.41) is 19.4. The molecule has 1 saturated carbocycles. The van der Waals surface area contributed by atoms with Gasteiger partial charge in [0, 0.05) is 50.9 Å². The lowest BCUT2D eigenvalue weighted by atomic mass is 9.87. The molecule has 3 heterocycles. The van der Waals surface area contributed by atoms with Crippen LogP contribution in [0.5, 0.6) is 0 Å². The van der Waals surface area contributed by atoms with Crippen molar-refractivity contribution in [2.75, 3.05) is 36.6 Å². The molecule has 1 aliphatic heterocycles. The SMILES string of the molecule is Cc1cc(F)ccc1N(CC1CCOC1)C1CCC(N(C)c2c(C#N)c(=O)n(C)c3ccc(C#N)nc23)CC1. The molecule has 1 unspecified atom stereocenters. The fourth-order valence-electron chi connectivity index (χ4n) is 6.23. The number of pyridine rings is 2. The van der Waals surface area contributed by atoms with E-state index < -0.39 is 0 Å². The van der Waals surface area contributed by atoms with Crippen molar-refractivity contribution in [3.05, 3.63) is 63.3 Å². The molecule has 8 nitrogen and oxygen atoms in total. The number of hydrogen-bond donors (Lipinski definition) is 0. The molecule has 39 heavy (non-hydrogen) atoms. The molecule has 9 heteroatoms. The lowest BCUT2D eigenvalue weighted by Crippen LogP contribution is -2.45. The van der Waals surface area contributed by atoms with Gasteiger partial charge in [-0.2, -0.15) is 10.5 Å². The smallest absolute Gasteiger partial charge is 0.270 e. The van der Waals surface area contributed by atoms with Crippen LogP contribution in [0, 0.1) is 41.3 Å². The molecular weight excluding hydrogens is 495 g/mol. The molecule has 5 rings (SSSR count). The van der Waals surface area contributed by atoms with Gasteiger partial charge in [0.1, 0.15) is 34.7 Å². The van der Waals surface area contributed by atoms with E-state index >= 15 is 0 Å². The third-order valence-electron chi connectivity index (χ3n) is 8.40. The number of aromatic nitrogens is 2. The van der Waals surface area contributed by atoms with E-state index in [1.54, 1.807) is 25.2 Å². The molecule has 202 valence electrons. The zero-order chi connectivity index (χ0) is 27.7. The molecule has 0 spiro atoms. The predicted molar refractivity (Wildman–Crippen MR) is 148 cm³/mol. The summed E-state index contributed by atoms with van der Waals surface area (Å²) >= 11 is 0. The summed E-state index contributed by atoms with van der Waals surface area (Å²) in [6, 6.07) is 12.9. The van der Waals surface area contributed by atoms with Crippen molar-refractivity contribution >= 4 is 22.4 Å². The largest absolute Gasteiger partial charge is 0.381 e. The van der Waals surface area contributed by atoms with Crippen LogP contribution < -0.4 is 15.4 Å². The van der Waals surface area contributed by atoms with Crippen LogP contribution in [0.2, 0.25) is 0 Å². The third-order valence-corrected chi connectivity index (χ3v) is 8.40. The van der Waals surface area contributed by atoms with Crippen molar-refractivity contribution in [2.24, 2.45) is 13.0 Å². The van der Waals surface area contributed by atoms with Crippen LogP contribution in [0.4, 0.5) is 15.8 Å². The topological polar surface area (TPSA) is 98.2 Å². The monoisotopic (exact) mass is 528 g/mol. The molecule has 0 radical (unpaired) electrons. The molecule has 2 aliphatic rings. The average Bonchev–Trinajstić information content (AvgIpc) is 3.46. The Hall–Kier alpha value is -3.95. The Morgan fingerprint density at radius 1 is 1.10 bits per heavy atom. The van der Waals surface area contributed by atoms with E-state index in [1.165, 1.54) is 10.6 Å². The minimum Gasteiger partial charge on any atom is -0.381 e. The summed E-state index contributed by atoms with van der Waals surface area (Å²) in [5.74, 6) is 0.216. The first-order chi connectivity index (χ1) is 18.8. The van der Waals surface area contributed by atoms with Crippen molar-refractivity contribution in [3.8, 4) is 12.1 Å². The second-order valence-corrected chi connectivity index (χ2v) is 10.8. The number of benzene rings is 1. The van der Waals surface area contributed by atoms with Crippen LogP contribution in [-0.4, -0.2) is 48.4 Å². The summed E-state index contributed by atoms with van der Waals surface area (Å²) in [5.41, 5.74) is 3.48. The van der Waals surface area contributed by atoms with Gasteiger partial charge in [0.25, 0.3) is 5.56 Å². The van der Waals surface area contributed by atoms with Crippen molar-refractivity contribution in [1.82, 2.24) is 9.55 Å². The molecule has 1 atom stereocenters. The molecule has 1 saturated heterocycles. The highest BCUT2D eigenvalue weighted by Crippen LogP contribution is 2.36. The number of fused-ring (bicyclic) bond motifs is 1. The number of nitriles is 2. The van der Waals surface area contributed by atoms with Gasteiger partial charge in [-0.15, -0.1) is 0 Å². The molecule has 0 amide bonds. The van der Waals surface area contributed by atoms with Gasteiger partial charge in [-0.05, 0) is 74.9 Å². The number of ether oxygens (including phenoxy) is 1. The lowest BCUT2D eigenvalue weighted by Gasteiger charge is -2.42. The highest BCUT2D eigenvalue weighted by atomic mass is 19.1. The van der Waals surface area contributed by atoms with Crippen LogP contribution in [0.15, 0.2) is 35.1 Å². The van der Waals surface area contributed by atoms with E-state index in [2.05, 4.69) is 22.0 Å². The summed E-state index contributed by atoms with van der Waals surface area (Å²) in [6.45, 7) is 4.37. The Balaban J connectivity index is 1.43. The maximum atomic E-state index is 13.9. The Bertz CT molecular complexity index is 1520. The van der Waals surface area contributed by atoms with Crippen molar-refractivity contribution in [1.29, 1.82) is 10.5 Å². The van der Waals surface area contributed by atoms with Gasteiger partial charge in [-0.3, -0.25) is 4.79 Å². The van der Waals surface area contributed by atoms with E-state index in [0.717, 1.165) is 63.1 Å². The van der Waals surface area contributed by atoms with Crippen LogP contribution in [0.25, 0.3) is 11.0 Å². The number of hydrogen-bond acceptors (Lipinski definition) is 7. The van der Waals surface area contributed by atoms with Crippen molar-refractivity contribution in [2.45, 2.75) is 51.1 Å². The van der Waals surface area contributed by atoms with E-state index in [0.29, 0.717) is 28.7 Å². The molecule has 2 aromatic heterocycles.